The van der Waals surface area contributed by atoms with Gasteiger partial charge in [-0.1, -0.05) is 35.9 Å². The summed E-state index contributed by atoms with van der Waals surface area (Å²) in [5.74, 6) is 0.795. The van der Waals surface area contributed by atoms with Crippen molar-refractivity contribution in [3.8, 4) is 12.1 Å². The summed E-state index contributed by atoms with van der Waals surface area (Å²) in [5, 5.41) is 22.1. The van der Waals surface area contributed by atoms with Crippen LogP contribution in [-0.4, -0.2) is 102 Å². The molecule has 0 bridgehead atoms. The first-order valence-corrected chi connectivity index (χ1v) is 16.8. The lowest BCUT2D eigenvalue weighted by Gasteiger charge is -2.41. The van der Waals surface area contributed by atoms with Crippen LogP contribution in [0.2, 0.25) is 5.02 Å². The Kier molecular flexibility index (Phi) is 9.02. The van der Waals surface area contributed by atoms with Crippen molar-refractivity contribution in [3.05, 3.63) is 52.7 Å². The zero-order valence-corrected chi connectivity index (χ0v) is 26.7. The number of anilines is 2. The molecule has 1 amide bonds. The normalized spacial score (nSPS) is 21.7. The maximum absolute atomic E-state index is 11.9. The van der Waals surface area contributed by atoms with Crippen LogP contribution in [0.4, 0.5) is 16.3 Å². The molecule has 3 aromatic rings. The number of piperidine rings is 1. The van der Waals surface area contributed by atoms with Crippen molar-refractivity contribution in [2.45, 2.75) is 63.3 Å². The van der Waals surface area contributed by atoms with Gasteiger partial charge in [0.2, 0.25) is 0 Å². The molecular weight excluding hydrogens is 606 g/mol. The Bertz CT molecular complexity index is 1610. The molecule has 0 saturated carbocycles. The third-order valence-electron chi connectivity index (χ3n) is 10.0. The van der Waals surface area contributed by atoms with Gasteiger partial charge in [0.1, 0.15) is 11.9 Å². The van der Waals surface area contributed by atoms with Gasteiger partial charge in [0.05, 0.1) is 35.8 Å². The molecule has 0 spiro atoms. The first-order valence-electron chi connectivity index (χ1n) is 16.4. The van der Waals surface area contributed by atoms with Crippen molar-refractivity contribution in [2.75, 3.05) is 62.3 Å². The number of nitrogens with zero attached hydrogens (tertiary/aromatic N) is 7. The predicted octanol–water partition coefficient (Wildman–Crippen LogP) is 4.95. The quantitative estimate of drug-likeness (QED) is 0.394. The van der Waals surface area contributed by atoms with Crippen LogP contribution in [0.3, 0.4) is 0 Å². The van der Waals surface area contributed by atoms with E-state index in [9.17, 15) is 15.2 Å². The van der Waals surface area contributed by atoms with Gasteiger partial charge in [0.15, 0.2) is 0 Å². The molecule has 3 saturated heterocycles. The average molecular weight is 646 g/mol. The lowest BCUT2D eigenvalue weighted by Crippen LogP contribution is -2.55. The third kappa shape index (κ3) is 6.26. The molecule has 0 radical (unpaired) electrons. The highest BCUT2D eigenvalue weighted by molar-refractivity contribution is 6.36. The summed E-state index contributed by atoms with van der Waals surface area (Å²) in [6.07, 6.45) is 3.87. The summed E-state index contributed by atoms with van der Waals surface area (Å²) < 4.78 is 12.1. The van der Waals surface area contributed by atoms with Crippen LogP contribution in [0.5, 0.6) is 6.01 Å². The van der Waals surface area contributed by atoms with E-state index in [1.54, 1.807) is 0 Å². The molecule has 5 heterocycles. The summed E-state index contributed by atoms with van der Waals surface area (Å²) in [6, 6.07) is 14.9. The molecule has 7 rings (SSSR count). The minimum absolute atomic E-state index is 0.0220. The molecule has 2 aromatic carbocycles. The fourth-order valence-corrected chi connectivity index (χ4v) is 7.86. The van der Waals surface area contributed by atoms with Crippen LogP contribution < -0.4 is 14.5 Å². The molecule has 1 N–H and O–H groups in total. The summed E-state index contributed by atoms with van der Waals surface area (Å²) in [7, 11) is 0. The Balaban J connectivity index is 1.17. The standard InChI is InChI=1S/C34H40ClN7O4/c35-28-5-1-3-23-4-2-6-30(31(23)28)40-16-10-27-29(22-40)37-33(46-26-8-14-39(15-9-26)24-11-19-45-20-12-24)38-32(27)41-17-18-42(34(43)44)25(21-41)7-13-36/h1-6,24-26H,7-12,14-22H2,(H,43,44). The van der Waals surface area contributed by atoms with Crippen molar-refractivity contribution in [2.24, 2.45) is 0 Å². The van der Waals surface area contributed by atoms with Gasteiger partial charge >= 0.3 is 12.1 Å². The lowest BCUT2D eigenvalue weighted by molar-refractivity contribution is 0.00868. The Morgan fingerprint density at radius 1 is 1.02 bits per heavy atom. The second-order valence-electron chi connectivity index (χ2n) is 12.7. The van der Waals surface area contributed by atoms with Crippen molar-refractivity contribution >= 4 is 40.0 Å². The van der Waals surface area contributed by atoms with E-state index >= 15 is 0 Å². The van der Waals surface area contributed by atoms with E-state index < -0.39 is 12.1 Å². The van der Waals surface area contributed by atoms with Gasteiger partial charge in [-0.15, -0.1) is 0 Å². The van der Waals surface area contributed by atoms with Crippen molar-refractivity contribution in [1.82, 2.24) is 19.8 Å². The minimum atomic E-state index is -0.995. The number of carbonyl (C=O) groups is 1. The number of aromatic nitrogens is 2. The number of fused-ring (bicyclic) bond motifs is 2. The molecule has 1 aromatic heterocycles. The van der Waals surface area contributed by atoms with Gasteiger partial charge in [-0.25, -0.2) is 4.79 Å². The number of halogens is 1. The molecule has 46 heavy (non-hydrogen) atoms. The maximum atomic E-state index is 11.9. The fraction of sp³-hybridized carbons (Fsp3) is 0.529. The number of benzene rings is 2. The number of hydrogen-bond donors (Lipinski definition) is 1. The van der Waals surface area contributed by atoms with E-state index in [4.69, 9.17) is 31.0 Å². The number of hydrogen-bond acceptors (Lipinski definition) is 9. The van der Waals surface area contributed by atoms with E-state index in [2.05, 4.69) is 45.0 Å². The molecule has 1 unspecified atom stereocenters. The van der Waals surface area contributed by atoms with Gasteiger partial charge in [-0.05, 0) is 49.6 Å². The lowest BCUT2D eigenvalue weighted by atomic mass is 10.0. The summed E-state index contributed by atoms with van der Waals surface area (Å²) in [4.78, 5) is 30.4. The topological polar surface area (TPSA) is 118 Å². The fourth-order valence-electron chi connectivity index (χ4n) is 7.59. The number of amides is 1. The Hall–Kier alpha value is -3.85. The Morgan fingerprint density at radius 2 is 1.80 bits per heavy atom. The SMILES string of the molecule is N#CCC1CN(c2nc(OC3CCN(C4CCOCC4)CC3)nc3c2CCN(c2cccc4cccc(Cl)c24)C3)CCN1C(=O)O. The van der Waals surface area contributed by atoms with Crippen LogP contribution >= 0.6 is 11.6 Å². The van der Waals surface area contributed by atoms with Crippen LogP contribution in [0.25, 0.3) is 10.8 Å². The number of likely N-dealkylation sites (tertiary alicyclic amines) is 1. The molecular formula is C34H40ClN7O4. The second kappa shape index (κ2) is 13.5. The van der Waals surface area contributed by atoms with E-state index in [0.29, 0.717) is 38.2 Å². The Morgan fingerprint density at radius 3 is 2.57 bits per heavy atom. The first kappa shape index (κ1) is 30.8. The zero-order chi connectivity index (χ0) is 31.6. The zero-order valence-electron chi connectivity index (χ0n) is 26.0. The van der Waals surface area contributed by atoms with E-state index in [-0.39, 0.29) is 12.5 Å². The van der Waals surface area contributed by atoms with Gasteiger partial charge in [0.25, 0.3) is 0 Å². The van der Waals surface area contributed by atoms with E-state index in [1.165, 1.54) is 4.90 Å². The number of nitriles is 1. The van der Waals surface area contributed by atoms with Gasteiger partial charge in [-0.2, -0.15) is 15.2 Å². The molecule has 11 nitrogen and oxygen atoms in total. The Labute approximate surface area is 274 Å². The van der Waals surface area contributed by atoms with Crippen LogP contribution in [0.15, 0.2) is 36.4 Å². The second-order valence-corrected chi connectivity index (χ2v) is 13.1. The van der Waals surface area contributed by atoms with Gasteiger partial charge < -0.3 is 29.3 Å². The van der Waals surface area contributed by atoms with Gasteiger partial charge in [0, 0.05) is 75.2 Å². The number of ether oxygens (including phenoxy) is 2. The number of carboxylic acid groups (broad SMARTS) is 1. The van der Waals surface area contributed by atoms with Crippen molar-refractivity contribution in [3.63, 3.8) is 0 Å². The van der Waals surface area contributed by atoms with Crippen LogP contribution in [0, 0.1) is 11.3 Å². The monoisotopic (exact) mass is 645 g/mol. The number of rotatable bonds is 6. The first-order chi connectivity index (χ1) is 22.5. The van der Waals surface area contributed by atoms with Gasteiger partial charge in [-0.3, -0.25) is 4.90 Å². The maximum Gasteiger partial charge on any atom is 0.407 e. The highest BCUT2D eigenvalue weighted by atomic mass is 35.5. The highest BCUT2D eigenvalue weighted by Gasteiger charge is 2.35. The smallest absolute Gasteiger partial charge is 0.407 e. The minimum Gasteiger partial charge on any atom is -0.465 e. The molecule has 0 aliphatic carbocycles. The molecule has 12 heteroatoms. The van der Waals surface area contributed by atoms with Crippen LogP contribution in [-0.2, 0) is 17.7 Å². The summed E-state index contributed by atoms with van der Waals surface area (Å²) in [5.41, 5.74) is 3.04. The molecule has 4 aliphatic rings. The molecule has 4 aliphatic heterocycles. The predicted molar refractivity (Wildman–Crippen MR) is 176 cm³/mol. The third-order valence-corrected chi connectivity index (χ3v) is 10.3. The summed E-state index contributed by atoms with van der Waals surface area (Å²) in [6.45, 7) is 6.17. The summed E-state index contributed by atoms with van der Waals surface area (Å²) >= 11 is 6.72. The van der Waals surface area contributed by atoms with Crippen molar-refractivity contribution in [1.29, 1.82) is 5.26 Å². The molecule has 3 fully saturated rings. The van der Waals surface area contributed by atoms with E-state index in [1.807, 2.05) is 12.1 Å². The average Bonchev–Trinajstić information content (AvgIpc) is 3.08. The highest BCUT2D eigenvalue weighted by Crippen LogP contribution is 2.37. The van der Waals surface area contributed by atoms with Crippen molar-refractivity contribution < 1.29 is 19.4 Å². The number of piperazine rings is 1. The van der Waals surface area contributed by atoms with E-state index in [0.717, 1.165) is 104 Å². The molecule has 242 valence electrons. The molecule has 1 atom stereocenters. The van der Waals surface area contributed by atoms with Crippen LogP contribution in [0.1, 0.15) is 43.4 Å². The largest absolute Gasteiger partial charge is 0.465 e.